The van der Waals surface area contributed by atoms with E-state index in [-0.39, 0.29) is 0 Å². The minimum Gasteiger partial charge on any atom is -0.309 e. The van der Waals surface area contributed by atoms with Gasteiger partial charge in [-0.3, -0.25) is 0 Å². The van der Waals surface area contributed by atoms with E-state index in [1.54, 1.807) is 12.8 Å². The third-order valence-corrected chi connectivity index (χ3v) is 6.06. The summed E-state index contributed by atoms with van der Waals surface area (Å²) in [7, 11) is 4.44. The Morgan fingerprint density at radius 3 is 2.56 bits per heavy atom. The van der Waals surface area contributed by atoms with Crippen LogP contribution in [-0.2, 0) is 0 Å². The van der Waals surface area contributed by atoms with Gasteiger partial charge in [0.1, 0.15) is 0 Å². The molecule has 6 unspecified atom stereocenters. The number of hydrogen-bond donors (Lipinski definition) is 1. The summed E-state index contributed by atoms with van der Waals surface area (Å²) in [6, 6.07) is 0. The second-order valence-corrected chi connectivity index (χ2v) is 7.04. The van der Waals surface area contributed by atoms with E-state index in [1.807, 2.05) is 0 Å². The van der Waals surface area contributed by atoms with Crippen molar-refractivity contribution in [2.75, 3.05) is 26.4 Å². The summed E-state index contributed by atoms with van der Waals surface area (Å²) >= 11 is 4.65. The van der Waals surface area contributed by atoms with Crippen molar-refractivity contribution in [2.45, 2.75) is 25.7 Å². The summed E-state index contributed by atoms with van der Waals surface area (Å²) in [5.41, 5.74) is 0. The van der Waals surface area contributed by atoms with E-state index in [1.165, 1.54) is 19.4 Å². The molecule has 6 atom stereocenters. The third kappa shape index (κ3) is 1.64. The fraction of sp³-hybridized carbons (Fsp3) is 1.00. The van der Waals surface area contributed by atoms with Crippen molar-refractivity contribution >= 4 is 12.6 Å². The van der Waals surface area contributed by atoms with Crippen LogP contribution < -0.4 is 0 Å². The van der Waals surface area contributed by atoms with E-state index in [0.29, 0.717) is 0 Å². The first kappa shape index (κ1) is 11.4. The molecule has 1 nitrogen and oxygen atoms in total. The minimum atomic E-state index is 0.922. The van der Waals surface area contributed by atoms with Crippen LogP contribution in [0, 0.1) is 35.5 Å². The van der Waals surface area contributed by atoms with Gasteiger partial charge in [-0.05, 0) is 81.0 Å². The quantitative estimate of drug-likeness (QED) is 0.741. The van der Waals surface area contributed by atoms with Crippen LogP contribution in [0.1, 0.15) is 25.7 Å². The molecule has 92 valence electrons. The lowest BCUT2D eigenvalue weighted by molar-refractivity contribution is 0.206. The molecule has 16 heavy (non-hydrogen) atoms. The van der Waals surface area contributed by atoms with E-state index in [0.717, 1.165) is 41.3 Å². The SMILES string of the molecule is CN(C)CC1CC2C3CCC(C3)C2C1CS. The van der Waals surface area contributed by atoms with Crippen molar-refractivity contribution in [2.24, 2.45) is 35.5 Å². The summed E-state index contributed by atoms with van der Waals surface area (Å²) < 4.78 is 0. The zero-order valence-corrected chi connectivity index (χ0v) is 11.5. The third-order valence-electron chi connectivity index (χ3n) is 5.64. The maximum absolute atomic E-state index is 4.65. The zero-order chi connectivity index (χ0) is 11.3. The van der Waals surface area contributed by atoms with Gasteiger partial charge in [0, 0.05) is 6.54 Å². The fourth-order valence-electron chi connectivity index (χ4n) is 5.26. The van der Waals surface area contributed by atoms with E-state index in [4.69, 9.17) is 0 Å². The standard InChI is InChI=1S/C14H25NS/c1-15(2)7-11-6-12-9-3-4-10(5-9)14(12)13(11)8-16/h9-14,16H,3-8H2,1-2H3. The first-order chi connectivity index (χ1) is 7.70. The first-order valence-electron chi connectivity index (χ1n) is 6.96. The maximum atomic E-state index is 4.65. The molecule has 3 fully saturated rings. The molecular formula is C14H25NS. The molecule has 0 aromatic heterocycles. The van der Waals surface area contributed by atoms with Crippen molar-refractivity contribution in [3.05, 3.63) is 0 Å². The molecule has 3 aliphatic carbocycles. The average molecular weight is 239 g/mol. The van der Waals surface area contributed by atoms with Crippen molar-refractivity contribution in [3.63, 3.8) is 0 Å². The monoisotopic (exact) mass is 239 g/mol. The molecular weight excluding hydrogens is 214 g/mol. The van der Waals surface area contributed by atoms with Gasteiger partial charge >= 0.3 is 0 Å². The molecule has 0 aliphatic heterocycles. The highest BCUT2D eigenvalue weighted by atomic mass is 32.1. The van der Waals surface area contributed by atoms with Gasteiger partial charge in [-0.25, -0.2) is 0 Å². The normalized spacial score (nSPS) is 50.2. The highest BCUT2D eigenvalue weighted by Crippen LogP contribution is 2.62. The molecule has 0 radical (unpaired) electrons. The van der Waals surface area contributed by atoms with Gasteiger partial charge in [-0.2, -0.15) is 12.6 Å². The molecule has 2 heteroatoms. The summed E-state index contributed by atoms with van der Waals surface area (Å²) in [4.78, 5) is 2.38. The smallest absolute Gasteiger partial charge is 0.000671 e. The molecule has 3 saturated carbocycles. The Kier molecular flexibility index (Phi) is 3.00. The van der Waals surface area contributed by atoms with E-state index in [2.05, 4.69) is 31.6 Å². The van der Waals surface area contributed by atoms with Crippen LogP contribution in [0.5, 0.6) is 0 Å². The Morgan fingerprint density at radius 2 is 1.88 bits per heavy atom. The second-order valence-electron chi connectivity index (χ2n) is 6.68. The van der Waals surface area contributed by atoms with Crippen LogP contribution in [0.2, 0.25) is 0 Å². The zero-order valence-electron chi connectivity index (χ0n) is 10.6. The van der Waals surface area contributed by atoms with Crippen LogP contribution in [-0.4, -0.2) is 31.3 Å². The van der Waals surface area contributed by atoms with Gasteiger partial charge in [-0.1, -0.05) is 0 Å². The lowest BCUT2D eigenvalue weighted by Gasteiger charge is -2.30. The predicted molar refractivity (Wildman–Crippen MR) is 71.8 cm³/mol. The molecule has 0 amide bonds. The number of thiol groups is 1. The van der Waals surface area contributed by atoms with Crippen LogP contribution in [0.3, 0.4) is 0 Å². The number of hydrogen-bond acceptors (Lipinski definition) is 2. The molecule has 0 spiro atoms. The lowest BCUT2D eigenvalue weighted by atomic mass is 9.78. The molecule has 0 saturated heterocycles. The Hall–Kier alpha value is 0.310. The summed E-state index contributed by atoms with van der Waals surface area (Å²) in [5.74, 6) is 7.31. The van der Waals surface area contributed by atoms with E-state index >= 15 is 0 Å². The Labute approximate surface area is 105 Å². The highest BCUT2D eigenvalue weighted by molar-refractivity contribution is 7.80. The van der Waals surface area contributed by atoms with Gasteiger partial charge in [-0.15, -0.1) is 0 Å². The second kappa shape index (κ2) is 4.20. The lowest BCUT2D eigenvalue weighted by Crippen LogP contribution is -2.29. The van der Waals surface area contributed by atoms with Gasteiger partial charge in [0.2, 0.25) is 0 Å². The van der Waals surface area contributed by atoms with Crippen molar-refractivity contribution < 1.29 is 0 Å². The van der Waals surface area contributed by atoms with Crippen molar-refractivity contribution in [1.29, 1.82) is 0 Å². The van der Waals surface area contributed by atoms with Crippen molar-refractivity contribution in [1.82, 2.24) is 4.90 Å². The van der Waals surface area contributed by atoms with Crippen LogP contribution >= 0.6 is 12.6 Å². The molecule has 0 aromatic rings. The van der Waals surface area contributed by atoms with Gasteiger partial charge < -0.3 is 4.90 Å². The molecule has 2 bridgehead atoms. The summed E-state index contributed by atoms with van der Waals surface area (Å²) in [6.45, 7) is 1.29. The van der Waals surface area contributed by atoms with Gasteiger partial charge in [0.05, 0.1) is 0 Å². The molecule has 3 aliphatic rings. The first-order valence-corrected chi connectivity index (χ1v) is 7.59. The predicted octanol–water partition coefficient (Wildman–Crippen LogP) is 2.78. The van der Waals surface area contributed by atoms with Crippen molar-refractivity contribution in [3.8, 4) is 0 Å². The minimum absolute atomic E-state index is 0.922. The average Bonchev–Trinajstić information content (AvgIpc) is 2.85. The topological polar surface area (TPSA) is 3.24 Å². The molecule has 0 aromatic carbocycles. The van der Waals surface area contributed by atoms with E-state index < -0.39 is 0 Å². The van der Waals surface area contributed by atoms with E-state index in [9.17, 15) is 0 Å². The Morgan fingerprint density at radius 1 is 1.12 bits per heavy atom. The summed E-state index contributed by atoms with van der Waals surface area (Å²) in [6.07, 6.45) is 6.15. The number of nitrogens with zero attached hydrogens (tertiary/aromatic N) is 1. The number of rotatable bonds is 3. The largest absolute Gasteiger partial charge is 0.309 e. The molecule has 0 N–H and O–H groups in total. The van der Waals surface area contributed by atoms with Gasteiger partial charge in [0.25, 0.3) is 0 Å². The Bertz CT molecular complexity index is 265. The molecule has 3 rings (SSSR count). The highest BCUT2D eigenvalue weighted by Gasteiger charge is 2.55. The maximum Gasteiger partial charge on any atom is 0.000671 e. The number of fused-ring (bicyclic) bond motifs is 5. The summed E-state index contributed by atoms with van der Waals surface area (Å²) in [5, 5.41) is 0. The van der Waals surface area contributed by atoms with Crippen LogP contribution in [0.25, 0.3) is 0 Å². The Balaban J connectivity index is 1.76. The van der Waals surface area contributed by atoms with Crippen LogP contribution in [0.15, 0.2) is 0 Å². The van der Waals surface area contributed by atoms with Crippen LogP contribution in [0.4, 0.5) is 0 Å². The fourth-order valence-corrected chi connectivity index (χ4v) is 5.80. The molecule has 0 heterocycles. The van der Waals surface area contributed by atoms with Gasteiger partial charge in [0.15, 0.2) is 0 Å².